The summed E-state index contributed by atoms with van der Waals surface area (Å²) in [7, 11) is 0. The number of nitrogens with zero attached hydrogens (tertiary/aromatic N) is 1. The molecule has 0 bridgehead atoms. The molecule has 2 aliphatic rings. The Bertz CT molecular complexity index is 405. The van der Waals surface area contributed by atoms with Crippen LogP contribution in [-0.4, -0.2) is 41.9 Å². The number of carbonyl (C=O) groups is 2. The molecule has 1 saturated heterocycles. The van der Waals surface area contributed by atoms with Crippen molar-refractivity contribution in [2.45, 2.75) is 65.0 Å². The van der Waals surface area contributed by atoms with Crippen LogP contribution in [0.1, 0.15) is 52.9 Å². The van der Waals surface area contributed by atoms with Crippen molar-refractivity contribution in [2.75, 3.05) is 13.1 Å². The van der Waals surface area contributed by atoms with Gasteiger partial charge in [0, 0.05) is 12.0 Å². The summed E-state index contributed by atoms with van der Waals surface area (Å²) in [5.74, 6) is 1.13. The molecule has 1 aliphatic heterocycles. The van der Waals surface area contributed by atoms with E-state index in [2.05, 4.69) is 24.1 Å². The van der Waals surface area contributed by atoms with Crippen LogP contribution in [0.2, 0.25) is 0 Å². The van der Waals surface area contributed by atoms with Gasteiger partial charge in [-0.3, -0.25) is 14.5 Å². The number of nitrogens with one attached hydrogen (secondary N) is 1. The topological polar surface area (TPSA) is 75.4 Å². The van der Waals surface area contributed by atoms with E-state index in [1.54, 1.807) is 0 Å². The summed E-state index contributed by atoms with van der Waals surface area (Å²) in [6, 6.07) is 0.181. The maximum atomic E-state index is 12.5. The Morgan fingerprint density at radius 3 is 2.36 bits per heavy atom. The van der Waals surface area contributed by atoms with Crippen LogP contribution in [0, 0.1) is 17.8 Å². The smallest absolute Gasteiger partial charge is 0.237 e. The summed E-state index contributed by atoms with van der Waals surface area (Å²) < 4.78 is 0. The molecule has 2 rings (SSSR count). The highest BCUT2D eigenvalue weighted by atomic mass is 16.2. The first-order valence-corrected chi connectivity index (χ1v) is 8.74. The van der Waals surface area contributed by atoms with Crippen LogP contribution in [0.4, 0.5) is 0 Å². The number of hydrogen-bond acceptors (Lipinski definition) is 3. The lowest BCUT2D eigenvalue weighted by molar-refractivity contribution is -0.128. The van der Waals surface area contributed by atoms with E-state index < -0.39 is 0 Å². The molecule has 3 N–H and O–H groups in total. The molecule has 5 heteroatoms. The van der Waals surface area contributed by atoms with Crippen molar-refractivity contribution in [3.05, 3.63) is 0 Å². The minimum Gasteiger partial charge on any atom is -0.369 e. The largest absolute Gasteiger partial charge is 0.369 e. The van der Waals surface area contributed by atoms with Crippen LogP contribution in [0.25, 0.3) is 0 Å². The molecule has 0 radical (unpaired) electrons. The van der Waals surface area contributed by atoms with Crippen molar-refractivity contribution in [1.82, 2.24) is 10.2 Å². The van der Waals surface area contributed by atoms with Gasteiger partial charge in [-0.25, -0.2) is 0 Å². The molecular formula is C17H31N3O2. The van der Waals surface area contributed by atoms with E-state index in [1.807, 2.05) is 6.92 Å². The highest BCUT2D eigenvalue weighted by molar-refractivity contribution is 5.81. The quantitative estimate of drug-likeness (QED) is 0.826. The van der Waals surface area contributed by atoms with E-state index in [9.17, 15) is 9.59 Å². The van der Waals surface area contributed by atoms with Gasteiger partial charge in [0.25, 0.3) is 0 Å². The molecular weight excluding hydrogens is 278 g/mol. The molecule has 126 valence electrons. The minimum atomic E-state index is -0.207. The molecule has 4 atom stereocenters. The average Bonchev–Trinajstić information content (AvgIpc) is 2.51. The lowest BCUT2D eigenvalue weighted by atomic mass is 9.78. The van der Waals surface area contributed by atoms with Crippen molar-refractivity contribution in [3.63, 3.8) is 0 Å². The number of likely N-dealkylation sites (tertiary alicyclic amines) is 1. The van der Waals surface area contributed by atoms with Crippen LogP contribution < -0.4 is 11.1 Å². The number of nitrogens with two attached hydrogens (primary N) is 1. The number of carbonyl (C=O) groups excluding carboxylic acids is 2. The third kappa shape index (κ3) is 4.00. The number of rotatable bonds is 4. The normalized spacial score (nSPS) is 32.4. The van der Waals surface area contributed by atoms with Gasteiger partial charge in [-0.2, -0.15) is 0 Å². The Kier molecular flexibility index (Phi) is 5.84. The first kappa shape index (κ1) is 17.3. The van der Waals surface area contributed by atoms with Crippen molar-refractivity contribution in [1.29, 1.82) is 0 Å². The van der Waals surface area contributed by atoms with Gasteiger partial charge in [0.1, 0.15) is 0 Å². The molecule has 22 heavy (non-hydrogen) atoms. The monoisotopic (exact) mass is 309 g/mol. The number of amides is 2. The number of piperidine rings is 1. The summed E-state index contributed by atoms with van der Waals surface area (Å²) in [6.07, 6.45) is 5.10. The zero-order valence-electron chi connectivity index (χ0n) is 14.2. The Hall–Kier alpha value is -1.10. The van der Waals surface area contributed by atoms with Crippen LogP contribution in [0.5, 0.6) is 0 Å². The van der Waals surface area contributed by atoms with Crippen molar-refractivity contribution in [3.8, 4) is 0 Å². The van der Waals surface area contributed by atoms with E-state index in [1.165, 1.54) is 12.8 Å². The molecule has 0 unspecified atom stereocenters. The van der Waals surface area contributed by atoms with Crippen LogP contribution in [0.15, 0.2) is 0 Å². The summed E-state index contributed by atoms with van der Waals surface area (Å²) >= 11 is 0. The predicted octanol–water partition coefficient (Wildman–Crippen LogP) is 1.51. The molecule has 2 amide bonds. The van der Waals surface area contributed by atoms with Crippen molar-refractivity contribution in [2.24, 2.45) is 23.5 Å². The van der Waals surface area contributed by atoms with Gasteiger partial charge in [0.15, 0.2) is 0 Å². The second-order valence-corrected chi connectivity index (χ2v) is 7.27. The van der Waals surface area contributed by atoms with Gasteiger partial charge in [0.05, 0.1) is 6.04 Å². The van der Waals surface area contributed by atoms with Crippen molar-refractivity contribution < 1.29 is 9.59 Å². The Labute approximate surface area is 134 Å². The van der Waals surface area contributed by atoms with E-state index in [0.717, 1.165) is 32.4 Å². The Balaban J connectivity index is 1.83. The van der Waals surface area contributed by atoms with Crippen LogP contribution in [0.3, 0.4) is 0 Å². The number of hydrogen-bond donors (Lipinski definition) is 2. The maximum Gasteiger partial charge on any atom is 0.237 e. The molecule has 1 saturated carbocycles. The Morgan fingerprint density at radius 2 is 1.77 bits per heavy atom. The van der Waals surface area contributed by atoms with E-state index in [0.29, 0.717) is 17.9 Å². The first-order valence-electron chi connectivity index (χ1n) is 8.74. The molecule has 0 aromatic heterocycles. The molecule has 0 spiro atoms. The lowest BCUT2D eigenvalue weighted by Gasteiger charge is -2.38. The maximum absolute atomic E-state index is 12.5. The van der Waals surface area contributed by atoms with Gasteiger partial charge >= 0.3 is 0 Å². The second kappa shape index (κ2) is 7.44. The van der Waals surface area contributed by atoms with Gasteiger partial charge in [0.2, 0.25) is 11.8 Å². The van der Waals surface area contributed by atoms with Crippen molar-refractivity contribution >= 4 is 11.8 Å². The molecule has 1 aliphatic carbocycles. The fourth-order valence-electron chi connectivity index (χ4n) is 3.83. The SMILES string of the molecule is C[C@H]1[C@H](C)CCC[C@@H]1NC(=O)[C@H](C)N1CCC(C(N)=O)CC1. The third-order valence-electron chi connectivity index (χ3n) is 5.89. The summed E-state index contributed by atoms with van der Waals surface area (Å²) in [5, 5.41) is 3.26. The number of primary amides is 1. The summed E-state index contributed by atoms with van der Waals surface area (Å²) in [6.45, 7) is 8.05. The van der Waals surface area contributed by atoms with Crippen LogP contribution >= 0.6 is 0 Å². The lowest BCUT2D eigenvalue weighted by Crippen LogP contribution is -2.53. The van der Waals surface area contributed by atoms with Gasteiger partial charge in [-0.15, -0.1) is 0 Å². The van der Waals surface area contributed by atoms with E-state index in [4.69, 9.17) is 5.73 Å². The highest BCUT2D eigenvalue weighted by Gasteiger charge is 2.32. The van der Waals surface area contributed by atoms with Gasteiger partial charge in [-0.1, -0.05) is 26.7 Å². The summed E-state index contributed by atoms with van der Waals surface area (Å²) in [5.41, 5.74) is 5.36. The zero-order valence-corrected chi connectivity index (χ0v) is 14.2. The first-order chi connectivity index (χ1) is 10.4. The van der Waals surface area contributed by atoms with Gasteiger partial charge in [-0.05, 0) is 51.1 Å². The molecule has 0 aromatic rings. The third-order valence-corrected chi connectivity index (χ3v) is 5.89. The average molecular weight is 309 g/mol. The second-order valence-electron chi connectivity index (χ2n) is 7.27. The molecule has 0 aromatic carbocycles. The minimum absolute atomic E-state index is 0.0225. The fraction of sp³-hybridized carbons (Fsp3) is 0.882. The van der Waals surface area contributed by atoms with Crippen LogP contribution in [-0.2, 0) is 9.59 Å². The predicted molar refractivity (Wildman–Crippen MR) is 87.1 cm³/mol. The molecule has 1 heterocycles. The fourth-order valence-corrected chi connectivity index (χ4v) is 3.83. The van der Waals surface area contributed by atoms with E-state index >= 15 is 0 Å². The molecule has 5 nitrogen and oxygen atoms in total. The van der Waals surface area contributed by atoms with Gasteiger partial charge < -0.3 is 11.1 Å². The summed E-state index contributed by atoms with van der Waals surface area (Å²) in [4.78, 5) is 25.9. The molecule has 2 fully saturated rings. The standard InChI is InChI=1S/C17H31N3O2/c1-11-5-4-6-15(12(11)2)19-17(22)13(3)20-9-7-14(8-10-20)16(18)21/h11-15H,4-10H2,1-3H3,(H2,18,21)(H,19,22)/t11-,12+,13+,15+/m1/s1. The Morgan fingerprint density at radius 1 is 1.14 bits per heavy atom. The zero-order chi connectivity index (χ0) is 16.3. The van der Waals surface area contributed by atoms with E-state index in [-0.39, 0.29) is 23.8 Å². The highest BCUT2D eigenvalue weighted by Crippen LogP contribution is 2.29.